The van der Waals surface area contributed by atoms with Gasteiger partial charge in [-0.3, -0.25) is 24.0 Å². The standard InChI is InChI=1S/C7H14O5.4C2H4O2/c1-2-12-6(11)7(3-8,4-9)5-10;4*1-2(3)4/h8-10H,2-5H2,1H3;4*1H3,(H,3,4). The Bertz CT molecular complexity index is 369. The third kappa shape index (κ3) is 49.5. The number of esters is 1. The molecule has 0 aromatic heterocycles. The molecule has 0 aliphatic heterocycles. The smallest absolute Gasteiger partial charge is 0.319 e. The first kappa shape index (κ1) is 36.2. The summed E-state index contributed by atoms with van der Waals surface area (Å²) in [6, 6.07) is 0. The van der Waals surface area contributed by atoms with Gasteiger partial charge in [-0.15, -0.1) is 0 Å². The van der Waals surface area contributed by atoms with Crippen LogP contribution in [0, 0.1) is 5.41 Å². The molecule has 0 rings (SSSR count). The van der Waals surface area contributed by atoms with Crippen molar-refractivity contribution in [2.45, 2.75) is 34.6 Å². The molecule has 0 radical (unpaired) electrons. The van der Waals surface area contributed by atoms with E-state index in [1.54, 1.807) is 6.92 Å². The number of carboxylic acid groups (broad SMARTS) is 4. The van der Waals surface area contributed by atoms with Gasteiger partial charge in [-0.2, -0.15) is 0 Å². The molecule has 0 aliphatic rings. The topological polar surface area (TPSA) is 236 Å². The van der Waals surface area contributed by atoms with Crippen LogP contribution in [-0.2, 0) is 28.7 Å². The molecule has 7 N–H and O–H groups in total. The molecule has 0 aromatic rings. The van der Waals surface area contributed by atoms with Crippen LogP contribution in [0.15, 0.2) is 0 Å². The van der Waals surface area contributed by atoms with E-state index in [0.29, 0.717) is 0 Å². The van der Waals surface area contributed by atoms with E-state index in [-0.39, 0.29) is 6.61 Å². The third-order valence-electron chi connectivity index (χ3n) is 1.62. The zero-order chi connectivity index (χ0) is 23.9. The molecule has 0 amide bonds. The van der Waals surface area contributed by atoms with Gasteiger partial charge in [0.15, 0.2) is 0 Å². The summed E-state index contributed by atoms with van der Waals surface area (Å²) in [5, 5.41) is 55.9. The lowest BCUT2D eigenvalue weighted by Crippen LogP contribution is -2.43. The molecular weight excluding hydrogens is 388 g/mol. The predicted octanol–water partition coefficient (Wildman–Crippen LogP) is -1.12. The Labute approximate surface area is 161 Å². The number of aliphatic hydroxyl groups excluding tert-OH is 3. The normalized spacial score (nSPS) is 8.43. The highest BCUT2D eigenvalue weighted by Gasteiger charge is 2.38. The van der Waals surface area contributed by atoms with Gasteiger partial charge in [0.2, 0.25) is 0 Å². The molecule has 0 aliphatic carbocycles. The number of aliphatic hydroxyl groups is 3. The lowest BCUT2D eigenvalue weighted by atomic mass is 9.91. The van der Waals surface area contributed by atoms with E-state index in [4.69, 9.17) is 54.9 Å². The Morgan fingerprint density at radius 1 is 0.643 bits per heavy atom. The maximum atomic E-state index is 11.1. The van der Waals surface area contributed by atoms with Crippen LogP contribution in [-0.4, -0.2) is 92.0 Å². The summed E-state index contributed by atoms with van der Waals surface area (Å²) in [6.07, 6.45) is 0. The summed E-state index contributed by atoms with van der Waals surface area (Å²) in [7, 11) is 0. The number of aliphatic carboxylic acids is 4. The second kappa shape index (κ2) is 24.2. The molecule has 168 valence electrons. The number of ether oxygens (including phenoxy) is 1. The first-order chi connectivity index (χ1) is 12.6. The lowest BCUT2D eigenvalue weighted by Gasteiger charge is -2.24. The molecule has 0 atom stereocenters. The third-order valence-corrected chi connectivity index (χ3v) is 1.62. The lowest BCUT2D eigenvalue weighted by molar-refractivity contribution is -0.164. The van der Waals surface area contributed by atoms with Gasteiger partial charge < -0.3 is 40.5 Å². The van der Waals surface area contributed by atoms with Crippen molar-refractivity contribution in [3.63, 3.8) is 0 Å². The van der Waals surface area contributed by atoms with E-state index in [9.17, 15) is 4.79 Å². The fourth-order valence-electron chi connectivity index (χ4n) is 0.628. The SMILES string of the molecule is CC(=O)O.CC(=O)O.CC(=O)O.CC(=O)O.CCOC(=O)C(CO)(CO)CO. The summed E-state index contributed by atoms with van der Waals surface area (Å²) >= 11 is 0. The van der Waals surface area contributed by atoms with Gasteiger partial charge in [-0.25, -0.2) is 0 Å². The summed E-state index contributed by atoms with van der Waals surface area (Å²) in [5.74, 6) is -4.11. The van der Waals surface area contributed by atoms with Crippen LogP contribution in [0.1, 0.15) is 34.6 Å². The van der Waals surface area contributed by atoms with E-state index in [1.165, 1.54) is 0 Å². The minimum atomic E-state index is -1.56. The highest BCUT2D eigenvalue weighted by molar-refractivity contribution is 5.77. The number of hydrogen-bond acceptors (Lipinski definition) is 9. The minimum Gasteiger partial charge on any atom is -0.481 e. The van der Waals surface area contributed by atoms with Crippen LogP contribution in [0.2, 0.25) is 0 Å². The number of carbonyl (C=O) groups is 5. The predicted molar refractivity (Wildman–Crippen MR) is 93.6 cm³/mol. The summed E-state index contributed by atoms with van der Waals surface area (Å²) < 4.78 is 4.56. The minimum absolute atomic E-state index is 0.153. The fourth-order valence-corrected chi connectivity index (χ4v) is 0.628. The van der Waals surface area contributed by atoms with Gasteiger partial charge in [0.05, 0.1) is 26.4 Å². The number of rotatable bonds is 5. The van der Waals surface area contributed by atoms with Crippen molar-refractivity contribution in [3.05, 3.63) is 0 Å². The second-order valence-electron chi connectivity index (χ2n) is 4.55. The number of carbonyl (C=O) groups excluding carboxylic acids is 1. The largest absolute Gasteiger partial charge is 0.481 e. The van der Waals surface area contributed by atoms with E-state index < -0.39 is 55.1 Å². The van der Waals surface area contributed by atoms with Gasteiger partial charge in [-0.05, 0) is 6.92 Å². The average molecular weight is 418 g/mol. The van der Waals surface area contributed by atoms with Crippen LogP contribution in [0.4, 0.5) is 0 Å². The Morgan fingerprint density at radius 2 is 0.821 bits per heavy atom. The molecule has 0 saturated carbocycles. The van der Waals surface area contributed by atoms with Gasteiger partial charge in [0, 0.05) is 27.7 Å². The zero-order valence-electron chi connectivity index (χ0n) is 16.4. The van der Waals surface area contributed by atoms with Crippen molar-refractivity contribution < 1.29 is 64.5 Å². The highest BCUT2D eigenvalue weighted by atomic mass is 16.5. The Kier molecular flexibility index (Phi) is 31.3. The van der Waals surface area contributed by atoms with E-state index in [1.807, 2.05) is 0 Å². The molecule has 0 unspecified atom stereocenters. The average Bonchev–Trinajstić information content (AvgIpc) is 2.47. The second-order valence-corrected chi connectivity index (χ2v) is 4.55. The Morgan fingerprint density at radius 3 is 0.929 bits per heavy atom. The van der Waals surface area contributed by atoms with E-state index in [2.05, 4.69) is 4.74 Å². The van der Waals surface area contributed by atoms with Crippen molar-refractivity contribution in [1.29, 1.82) is 0 Å². The van der Waals surface area contributed by atoms with Crippen molar-refractivity contribution in [2.75, 3.05) is 26.4 Å². The Balaban J connectivity index is -0.0000000910. The maximum absolute atomic E-state index is 11.1. The number of hydrogen-bond donors (Lipinski definition) is 7. The monoisotopic (exact) mass is 418 g/mol. The van der Waals surface area contributed by atoms with Gasteiger partial charge >= 0.3 is 5.97 Å². The molecular formula is C15H30O13. The van der Waals surface area contributed by atoms with E-state index in [0.717, 1.165) is 27.7 Å². The molecule has 0 fully saturated rings. The highest BCUT2D eigenvalue weighted by Crippen LogP contribution is 2.16. The maximum Gasteiger partial charge on any atom is 0.319 e. The van der Waals surface area contributed by atoms with Crippen LogP contribution in [0.25, 0.3) is 0 Å². The molecule has 0 bridgehead atoms. The van der Waals surface area contributed by atoms with E-state index >= 15 is 0 Å². The van der Waals surface area contributed by atoms with Gasteiger partial charge in [0.1, 0.15) is 5.41 Å². The summed E-state index contributed by atoms with van der Waals surface area (Å²) in [6.45, 7) is 4.21. The fraction of sp³-hybridized carbons (Fsp3) is 0.667. The Hall–Kier alpha value is -2.77. The van der Waals surface area contributed by atoms with Crippen LogP contribution in [0.3, 0.4) is 0 Å². The van der Waals surface area contributed by atoms with Gasteiger partial charge in [-0.1, -0.05) is 0 Å². The van der Waals surface area contributed by atoms with Crippen LogP contribution in [0.5, 0.6) is 0 Å². The molecule has 0 saturated heterocycles. The van der Waals surface area contributed by atoms with Crippen molar-refractivity contribution >= 4 is 29.8 Å². The van der Waals surface area contributed by atoms with Crippen LogP contribution < -0.4 is 0 Å². The zero-order valence-corrected chi connectivity index (χ0v) is 16.4. The van der Waals surface area contributed by atoms with Crippen molar-refractivity contribution in [2.24, 2.45) is 5.41 Å². The first-order valence-corrected chi connectivity index (χ1v) is 7.37. The molecule has 13 nitrogen and oxygen atoms in total. The van der Waals surface area contributed by atoms with Gasteiger partial charge in [0.25, 0.3) is 23.9 Å². The molecule has 0 heterocycles. The first-order valence-electron chi connectivity index (χ1n) is 7.37. The molecule has 0 aromatic carbocycles. The summed E-state index contributed by atoms with van der Waals surface area (Å²) in [5.41, 5.74) is -1.56. The van der Waals surface area contributed by atoms with Crippen molar-refractivity contribution in [3.8, 4) is 0 Å². The quantitative estimate of drug-likeness (QED) is 0.262. The molecule has 0 spiro atoms. The van der Waals surface area contributed by atoms with Crippen molar-refractivity contribution in [1.82, 2.24) is 0 Å². The molecule has 28 heavy (non-hydrogen) atoms. The molecule has 13 heteroatoms. The summed E-state index contributed by atoms with van der Waals surface area (Å²) in [4.78, 5) is 47.1. The van der Waals surface area contributed by atoms with Crippen LogP contribution >= 0.6 is 0 Å². The number of carboxylic acids is 4.